The maximum absolute atomic E-state index is 12.6. The van der Waals surface area contributed by atoms with E-state index in [1.807, 2.05) is 48.5 Å². The number of benzene rings is 2. The van der Waals surface area contributed by atoms with Gasteiger partial charge in [-0.3, -0.25) is 4.57 Å². The number of rotatable bonds is 2. The van der Waals surface area contributed by atoms with Crippen molar-refractivity contribution in [3.63, 3.8) is 0 Å². The molecule has 6 nitrogen and oxygen atoms in total. The lowest BCUT2D eigenvalue weighted by molar-refractivity contribution is 0.414. The fraction of sp³-hybridized carbons (Fsp3) is 0.125. The molecule has 0 bridgehead atoms. The molecule has 1 aromatic heterocycles. The highest BCUT2D eigenvalue weighted by molar-refractivity contribution is 5.75. The number of aromatic nitrogens is 3. The molecule has 0 radical (unpaired) electrons. The molecule has 22 heavy (non-hydrogen) atoms. The van der Waals surface area contributed by atoms with Crippen molar-refractivity contribution in [2.75, 3.05) is 12.4 Å². The molecule has 0 amide bonds. The number of nitrogens with one attached hydrogen (secondary N) is 1. The van der Waals surface area contributed by atoms with Crippen molar-refractivity contribution in [3.05, 3.63) is 59.0 Å². The largest absolute Gasteiger partial charge is 0.497 e. The fourth-order valence-electron chi connectivity index (χ4n) is 2.63. The number of nitrogens with zero attached hydrogens (tertiary/aromatic N) is 3. The third-order valence-corrected chi connectivity index (χ3v) is 3.78. The number of anilines is 1. The van der Waals surface area contributed by atoms with Crippen LogP contribution in [0.3, 0.4) is 0 Å². The van der Waals surface area contributed by atoms with Crippen LogP contribution in [-0.2, 0) is 6.67 Å². The highest BCUT2D eigenvalue weighted by atomic mass is 16.5. The van der Waals surface area contributed by atoms with Crippen molar-refractivity contribution in [1.29, 1.82) is 0 Å². The second kappa shape index (κ2) is 4.77. The zero-order valence-electron chi connectivity index (χ0n) is 12.0. The predicted octanol–water partition coefficient (Wildman–Crippen LogP) is 2.09. The topological polar surface area (TPSA) is 61.1 Å². The molecule has 2 heterocycles. The molecule has 0 spiro atoms. The van der Waals surface area contributed by atoms with E-state index in [2.05, 4.69) is 10.4 Å². The smallest absolute Gasteiger partial charge is 0.352 e. The molecule has 0 unspecified atom stereocenters. The van der Waals surface area contributed by atoms with Crippen LogP contribution in [-0.4, -0.2) is 21.5 Å². The van der Waals surface area contributed by atoms with E-state index in [-0.39, 0.29) is 5.69 Å². The van der Waals surface area contributed by atoms with E-state index in [1.54, 1.807) is 11.7 Å². The van der Waals surface area contributed by atoms with E-state index >= 15 is 0 Å². The van der Waals surface area contributed by atoms with Crippen LogP contribution in [0, 0.1) is 0 Å². The number of ether oxygens (including phenoxy) is 1. The summed E-state index contributed by atoms with van der Waals surface area (Å²) >= 11 is 0. The van der Waals surface area contributed by atoms with Crippen LogP contribution in [0.1, 0.15) is 0 Å². The standard InChI is InChI=1S/C16H14N4O2/c1-22-12-8-6-11(7-9-12)20-16(21)19-10-17-14-5-3-2-4-13(14)15(19)18-20/h2-9,17H,10H2,1H3. The van der Waals surface area contributed by atoms with Gasteiger partial charge in [-0.05, 0) is 36.4 Å². The molecule has 0 saturated carbocycles. The summed E-state index contributed by atoms with van der Waals surface area (Å²) in [7, 11) is 1.61. The van der Waals surface area contributed by atoms with Gasteiger partial charge in [0, 0.05) is 11.3 Å². The highest BCUT2D eigenvalue weighted by Gasteiger charge is 2.21. The Balaban J connectivity index is 1.87. The van der Waals surface area contributed by atoms with Crippen molar-refractivity contribution >= 4 is 5.69 Å². The van der Waals surface area contributed by atoms with Gasteiger partial charge in [0.05, 0.1) is 19.5 Å². The first-order valence-electron chi connectivity index (χ1n) is 6.95. The van der Waals surface area contributed by atoms with Crippen LogP contribution in [0.25, 0.3) is 17.1 Å². The van der Waals surface area contributed by atoms with Gasteiger partial charge in [-0.2, -0.15) is 4.68 Å². The molecule has 4 rings (SSSR count). The maximum atomic E-state index is 12.6. The molecule has 0 aliphatic carbocycles. The Labute approximate surface area is 126 Å². The predicted molar refractivity (Wildman–Crippen MR) is 83.4 cm³/mol. The van der Waals surface area contributed by atoms with Crippen LogP contribution < -0.4 is 15.7 Å². The molecule has 1 aliphatic heterocycles. The average Bonchev–Trinajstić information content (AvgIpc) is 2.92. The van der Waals surface area contributed by atoms with Gasteiger partial charge in [-0.15, -0.1) is 5.10 Å². The number of hydrogen-bond donors (Lipinski definition) is 1. The Morgan fingerprint density at radius 1 is 1.14 bits per heavy atom. The molecular formula is C16H14N4O2. The highest BCUT2D eigenvalue weighted by Crippen LogP contribution is 2.29. The van der Waals surface area contributed by atoms with Gasteiger partial charge in [0.1, 0.15) is 5.75 Å². The molecule has 2 aromatic carbocycles. The Bertz CT molecular complexity index is 893. The summed E-state index contributed by atoms with van der Waals surface area (Å²) in [4.78, 5) is 12.6. The maximum Gasteiger partial charge on any atom is 0.352 e. The van der Waals surface area contributed by atoms with Gasteiger partial charge in [0.15, 0.2) is 5.82 Å². The molecule has 6 heteroatoms. The summed E-state index contributed by atoms with van der Waals surface area (Å²) < 4.78 is 8.19. The summed E-state index contributed by atoms with van der Waals surface area (Å²) in [6, 6.07) is 15.1. The van der Waals surface area contributed by atoms with Crippen LogP contribution in [0.2, 0.25) is 0 Å². The summed E-state index contributed by atoms with van der Waals surface area (Å²) in [6.07, 6.45) is 0. The second-order valence-electron chi connectivity index (χ2n) is 5.02. The van der Waals surface area contributed by atoms with Crippen molar-refractivity contribution < 1.29 is 4.74 Å². The van der Waals surface area contributed by atoms with Crippen LogP contribution >= 0.6 is 0 Å². The molecule has 0 fully saturated rings. The summed E-state index contributed by atoms with van der Waals surface area (Å²) in [5.74, 6) is 1.42. The van der Waals surface area contributed by atoms with Crippen molar-refractivity contribution in [3.8, 4) is 22.8 Å². The zero-order chi connectivity index (χ0) is 15.1. The van der Waals surface area contributed by atoms with E-state index in [1.165, 1.54) is 4.68 Å². The zero-order valence-corrected chi connectivity index (χ0v) is 12.0. The molecule has 1 N–H and O–H groups in total. The lowest BCUT2D eigenvalue weighted by atomic mass is 10.1. The quantitative estimate of drug-likeness (QED) is 0.786. The SMILES string of the molecule is COc1ccc(-n2nc3n(c2=O)CNc2ccccc2-3)cc1. The third-order valence-electron chi connectivity index (χ3n) is 3.78. The molecule has 3 aromatic rings. The fourth-order valence-corrected chi connectivity index (χ4v) is 2.63. The van der Waals surface area contributed by atoms with E-state index in [4.69, 9.17) is 4.74 Å². The monoisotopic (exact) mass is 294 g/mol. The molecule has 110 valence electrons. The molecule has 1 aliphatic rings. The van der Waals surface area contributed by atoms with Gasteiger partial charge in [-0.1, -0.05) is 12.1 Å². The average molecular weight is 294 g/mol. The minimum absolute atomic E-state index is 0.165. The minimum Gasteiger partial charge on any atom is -0.497 e. The second-order valence-corrected chi connectivity index (χ2v) is 5.02. The van der Waals surface area contributed by atoms with Crippen LogP contribution in [0.4, 0.5) is 5.69 Å². The number of fused-ring (bicyclic) bond motifs is 3. The minimum atomic E-state index is -0.165. The lowest BCUT2D eigenvalue weighted by Crippen LogP contribution is -2.28. The van der Waals surface area contributed by atoms with Crippen LogP contribution in [0.15, 0.2) is 53.3 Å². The van der Waals surface area contributed by atoms with Gasteiger partial charge in [0.2, 0.25) is 0 Å². The van der Waals surface area contributed by atoms with E-state index in [0.717, 1.165) is 17.0 Å². The number of methoxy groups -OCH3 is 1. The Kier molecular flexibility index (Phi) is 2.75. The Hall–Kier alpha value is -3.02. The molecule has 0 saturated heterocycles. The van der Waals surface area contributed by atoms with Crippen molar-refractivity contribution in [1.82, 2.24) is 14.3 Å². The summed E-state index contributed by atoms with van der Waals surface area (Å²) in [5, 5.41) is 7.74. The summed E-state index contributed by atoms with van der Waals surface area (Å²) in [6.45, 7) is 0.418. The van der Waals surface area contributed by atoms with E-state index < -0.39 is 0 Å². The first kappa shape index (κ1) is 12.7. The molecule has 0 atom stereocenters. The lowest BCUT2D eigenvalue weighted by Gasteiger charge is -2.17. The Morgan fingerprint density at radius 2 is 1.91 bits per heavy atom. The third kappa shape index (κ3) is 1.81. The van der Waals surface area contributed by atoms with Gasteiger partial charge < -0.3 is 10.1 Å². The van der Waals surface area contributed by atoms with Crippen molar-refractivity contribution in [2.45, 2.75) is 6.67 Å². The van der Waals surface area contributed by atoms with Gasteiger partial charge >= 0.3 is 5.69 Å². The Morgan fingerprint density at radius 3 is 2.68 bits per heavy atom. The first-order valence-corrected chi connectivity index (χ1v) is 6.95. The first-order chi connectivity index (χ1) is 10.8. The normalized spacial score (nSPS) is 12.2. The number of para-hydroxylation sites is 1. The summed E-state index contributed by atoms with van der Waals surface area (Å²) in [5.41, 5.74) is 2.47. The van der Waals surface area contributed by atoms with Crippen LogP contribution in [0.5, 0.6) is 5.75 Å². The van der Waals surface area contributed by atoms with E-state index in [0.29, 0.717) is 18.2 Å². The van der Waals surface area contributed by atoms with Gasteiger partial charge in [0.25, 0.3) is 0 Å². The van der Waals surface area contributed by atoms with Gasteiger partial charge in [-0.25, -0.2) is 4.79 Å². The van der Waals surface area contributed by atoms with Crippen molar-refractivity contribution in [2.24, 2.45) is 0 Å². The molecular weight excluding hydrogens is 280 g/mol. The van der Waals surface area contributed by atoms with E-state index in [9.17, 15) is 4.79 Å². The number of hydrogen-bond acceptors (Lipinski definition) is 4.